The number of alkyl halides is 3. The lowest BCUT2D eigenvalue weighted by Crippen LogP contribution is -2.06. The SMILES string of the molecule is Cc1cn(-c2ccc(-c3nc(Nc4cccc(C(F)(F)F)c4)n(C)n3)cc2)cn1. The van der Waals surface area contributed by atoms with Gasteiger partial charge in [-0.15, -0.1) is 5.10 Å². The molecule has 6 nitrogen and oxygen atoms in total. The minimum atomic E-state index is -4.40. The Morgan fingerprint density at radius 3 is 2.45 bits per heavy atom. The number of nitrogens with zero attached hydrogens (tertiary/aromatic N) is 5. The first kappa shape index (κ1) is 18.7. The molecular formula is C20H17F3N6. The average Bonchev–Trinajstić information content (AvgIpc) is 3.28. The molecule has 0 spiro atoms. The molecule has 2 aromatic carbocycles. The van der Waals surface area contributed by atoms with Gasteiger partial charge in [0.15, 0.2) is 5.82 Å². The van der Waals surface area contributed by atoms with Gasteiger partial charge in [-0.25, -0.2) is 9.67 Å². The minimum Gasteiger partial charge on any atom is -0.324 e. The summed E-state index contributed by atoms with van der Waals surface area (Å²) in [6, 6.07) is 12.6. The molecule has 2 aromatic heterocycles. The first-order valence-corrected chi connectivity index (χ1v) is 8.76. The fraction of sp³-hybridized carbons (Fsp3) is 0.150. The van der Waals surface area contributed by atoms with Crippen molar-refractivity contribution in [2.45, 2.75) is 13.1 Å². The zero-order valence-electron chi connectivity index (χ0n) is 15.6. The molecule has 1 N–H and O–H groups in total. The summed E-state index contributed by atoms with van der Waals surface area (Å²) in [4.78, 5) is 8.62. The van der Waals surface area contributed by atoms with Gasteiger partial charge in [-0.1, -0.05) is 6.07 Å². The van der Waals surface area contributed by atoms with Crippen LogP contribution in [0.4, 0.5) is 24.8 Å². The van der Waals surface area contributed by atoms with Crippen LogP contribution in [0.3, 0.4) is 0 Å². The van der Waals surface area contributed by atoms with E-state index < -0.39 is 11.7 Å². The van der Waals surface area contributed by atoms with Crippen LogP contribution in [-0.4, -0.2) is 24.3 Å². The second-order valence-corrected chi connectivity index (χ2v) is 6.56. The Kier molecular flexibility index (Phi) is 4.57. The number of hydrogen-bond acceptors (Lipinski definition) is 4. The van der Waals surface area contributed by atoms with Crippen molar-refractivity contribution in [2.24, 2.45) is 7.05 Å². The van der Waals surface area contributed by atoms with Crippen molar-refractivity contribution in [3.8, 4) is 17.1 Å². The van der Waals surface area contributed by atoms with E-state index in [1.54, 1.807) is 19.4 Å². The van der Waals surface area contributed by atoms with Crippen LogP contribution in [0.25, 0.3) is 17.1 Å². The third kappa shape index (κ3) is 3.98. The predicted octanol–water partition coefficient (Wildman–Crippen LogP) is 4.74. The van der Waals surface area contributed by atoms with Crippen molar-refractivity contribution in [3.05, 3.63) is 72.3 Å². The van der Waals surface area contributed by atoms with Crippen molar-refractivity contribution in [3.63, 3.8) is 0 Å². The molecule has 29 heavy (non-hydrogen) atoms. The van der Waals surface area contributed by atoms with Gasteiger partial charge in [0.1, 0.15) is 0 Å². The molecule has 0 atom stereocenters. The number of rotatable bonds is 4. The Labute approximate surface area is 164 Å². The Bertz CT molecular complexity index is 1140. The van der Waals surface area contributed by atoms with Gasteiger partial charge in [0.2, 0.25) is 5.95 Å². The van der Waals surface area contributed by atoms with E-state index in [1.165, 1.54) is 10.7 Å². The van der Waals surface area contributed by atoms with Gasteiger partial charge in [-0.2, -0.15) is 18.2 Å². The Morgan fingerprint density at radius 1 is 1.03 bits per heavy atom. The van der Waals surface area contributed by atoms with Crippen molar-refractivity contribution in [2.75, 3.05) is 5.32 Å². The molecule has 0 saturated heterocycles. The van der Waals surface area contributed by atoms with Crippen molar-refractivity contribution in [1.82, 2.24) is 24.3 Å². The number of benzene rings is 2. The minimum absolute atomic E-state index is 0.285. The van der Waals surface area contributed by atoms with Crippen LogP contribution in [0.1, 0.15) is 11.3 Å². The number of halogens is 3. The van der Waals surface area contributed by atoms with Gasteiger partial charge in [-0.3, -0.25) is 0 Å². The highest BCUT2D eigenvalue weighted by Gasteiger charge is 2.30. The molecule has 0 fully saturated rings. The highest BCUT2D eigenvalue weighted by molar-refractivity contribution is 5.61. The molecule has 0 radical (unpaired) electrons. The lowest BCUT2D eigenvalue weighted by atomic mass is 10.2. The molecule has 0 aliphatic carbocycles. The second-order valence-electron chi connectivity index (χ2n) is 6.56. The van der Waals surface area contributed by atoms with E-state index in [9.17, 15) is 13.2 Å². The second kappa shape index (κ2) is 7.08. The summed E-state index contributed by atoms with van der Waals surface area (Å²) in [5, 5.41) is 7.25. The van der Waals surface area contributed by atoms with Gasteiger partial charge in [0.05, 0.1) is 17.6 Å². The van der Waals surface area contributed by atoms with E-state index >= 15 is 0 Å². The fourth-order valence-electron chi connectivity index (χ4n) is 2.86. The first-order valence-electron chi connectivity index (χ1n) is 8.76. The molecule has 0 saturated carbocycles. The molecule has 4 rings (SSSR count). The number of imidazole rings is 1. The summed E-state index contributed by atoms with van der Waals surface area (Å²) in [6.45, 7) is 1.92. The number of hydrogen-bond donors (Lipinski definition) is 1. The standard InChI is InChI=1S/C20H17F3N6/c1-13-11-29(12-24-13)17-8-6-14(7-9-17)18-26-19(28(2)27-18)25-16-5-3-4-15(10-16)20(21,22)23/h3-12H,1-2H3,(H,25,26,27). The zero-order valence-corrected chi connectivity index (χ0v) is 15.6. The Morgan fingerprint density at radius 2 is 1.79 bits per heavy atom. The normalized spacial score (nSPS) is 11.6. The van der Waals surface area contributed by atoms with E-state index in [1.807, 2.05) is 42.0 Å². The van der Waals surface area contributed by atoms with E-state index in [2.05, 4.69) is 20.4 Å². The summed E-state index contributed by atoms with van der Waals surface area (Å²) in [7, 11) is 1.68. The van der Waals surface area contributed by atoms with Crippen molar-refractivity contribution < 1.29 is 13.2 Å². The third-order valence-corrected chi connectivity index (χ3v) is 4.34. The first-order chi connectivity index (χ1) is 13.8. The average molecular weight is 398 g/mol. The van der Waals surface area contributed by atoms with Crippen LogP contribution in [-0.2, 0) is 13.2 Å². The quantitative estimate of drug-likeness (QED) is 0.540. The monoisotopic (exact) mass is 398 g/mol. The van der Waals surface area contributed by atoms with Crippen LogP contribution >= 0.6 is 0 Å². The van der Waals surface area contributed by atoms with E-state index in [0.717, 1.165) is 29.1 Å². The third-order valence-electron chi connectivity index (χ3n) is 4.34. The molecule has 2 heterocycles. The van der Waals surface area contributed by atoms with E-state index in [4.69, 9.17) is 0 Å². The number of aryl methyl sites for hydroxylation is 2. The van der Waals surface area contributed by atoms with Gasteiger partial charge >= 0.3 is 6.18 Å². The summed E-state index contributed by atoms with van der Waals surface area (Å²) >= 11 is 0. The van der Waals surface area contributed by atoms with Crippen LogP contribution < -0.4 is 5.32 Å². The topological polar surface area (TPSA) is 60.6 Å². The maximum atomic E-state index is 12.9. The van der Waals surface area contributed by atoms with E-state index in [0.29, 0.717) is 11.8 Å². The number of aromatic nitrogens is 5. The zero-order chi connectivity index (χ0) is 20.6. The molecular weight excluding hydrogens is 381 g/mol. The predicted molar refractivity (Wildman–Crippen MR) is 103 cm³/mol. The van der Waals surface area contributed by atoms with Crippen molar-refractivity contribution in [1.29, 1.82) is 0 Å². The van der Waals surface area contributed by atoms with Gasteiger partial charge in [0.25, 0.3) is 0 Å². The lowest BCUT2D eigenvalue weighted by Gasteiger charge is -2.09. The molecule has 4 aromatic rings. The lowest BCUT2D eigenvalue weighted by molar-refractivity contribution is -0.137. The van der Waals surface area contributed by atoms with Crippen LogP contribution in [0.5, 0.6) is 0 Å². The summed E-state index contributed by atoms with van der Waals surface area (Å²) in [5.41, 5.74) is 2.22. The van der Waals surface area contributed by atoms with Gasteiger partial charge < -0.3 is 9.88 Å². The van der Waals surface area contributed by atoms with Gasteiger partial charge in [0, 0.05) is 30.2 Å². The molecule has 0 amide bonds. The molecule has 0 aliphatic heterocycles. The maximum Gasteiger partial charge on any atom is 0.416 e. The molecule has 148 valence electrons. The van der Waals surface area contributed by atoms with Gasteiger partial charge in [-0.05, 0) is 49.4 Å². The maximum absolute atomic E-state index is 12.9. The molecule has 0 unspecified atom stereocenters. The smallest absolute Gasteiger partial charge is 0.324 e. The highest BCUT2D eigenvalue weighted by atomic mass is 19.4. The summed E-state index contributed by atoms with van der Waals surface area (Å²) in [5.74, 6) is 0.809. The van der Waals surface area contributed by atoms with Crippen LogP contribution in [0.15, 0.2) is 61.1 Å². The highest BCUT2D eigenvalue weighted by Crippen LogP contribution is 2.31. The summed E-state index contributed by atoms with van der Waals surface area (Å²) in [6.07, 6.45) is -0.746. The Hall–Kier alpha value is -3.62. The van der Waals surface area contributed by atoms with Crippen molar-refractivity contribution >= 4 is 11.6 Å². The Balaban J connectivity index is 1.57. The van der Waals surface area contributed by atoms with E-state index in [-0.39, 0.29) is 5.69 Å². The van der Waals surface area contributed by atoms with Crippen LogP contribution in [0, 0.1) is 6.92 Å². The molecule has 0 bridgehead atoms. The van der Waals surface area contributed by atoms with Crippen LogP contribution in [0.2, 0.25) is 0 Å². The summed E-state index contributed by atoms with van der Waals surface area (Å²) < 4.78 is 42.1. The number of nitrogens with one attached hydrogen (secondary N) is 1. The molecule has 0 aliphatic rings. The molecule has 9 heteroatoms. The number of anilines is 2. The largest absolute Gasteiger partial charge is 0.416 e. The fourth-order valence-corrected chi connectivity index (χ4v) is 2.86.